The quantitative estimate of drug-likeness (QED) is 0.174. The molecule has 0 aliphatic heterocycles. The number of aromatic nitrogens is 4. The molecular weight excluding hydrogens is 753 g/mol. The van der Waals surface area contributed by atoms with Crippen molar-refractivity contribution in [2.24, 2.45) is 0 Å². The monoisotopic (exact) mass is 788 g/mol. The summed E-state index contributed by atoms with van der Waals surface area (Å²) in [6.45, 7) is 0. The van der Waals surface area contributed by atoms with Gasteiger partial charge in [-0.2, -0.15) is 0 Å². The van der Waals surface area contributed by atoms with Crippen molar-refractivity contribution >= 4 is 21.8 Å². The molecule has 288 valence electrons. The van der Waals surface area contributed by atoms with E-state index in [-0.39, 0.29) is 0 Å². The molecule has 0 saturated heterocycles. The van der Waals surface area contributed by atoms with Gasteiger partial charge in [0, 0.05) is 38.7 Å². The maximum absolute atomic E-state index is 5.04. The molecule has 1 spiro atoms. The average Bonchev–Trinajstić information content (AvgIpc) is 3.96. The number of para-hydroxylation sites is 1. The summed E-state index contributed by atoms with van der Waals surface area (Å²) >= 11 is 0. The first kappa shape index (κ1) is 34.6. The zero-order valence-electron chi connectivity index (χ0n) is 33.6. The number of benzene rings is 9. The highest BCUT2D eigenvalue weighted by molar-refractivity contribution is 6.16. The van der Waals surface area contributed by atoms with E-state index in [0.717, 1.165) is 33.5 Å². The van der Waals surface area contributed by atoms with E-state index >= 15 is 0 Å². The van der Waals surface area contributed by atoms with Crippen LogP contribution in [0, 0.1) is 0 Å². The predicted octanol–water partition coefficient (Wildman–Crippen LogP) is 14.0. The predicted molar refractivity (Wildman–Crippen MR) is 252 cm³/mol. The van der Waals surface area contributed by atoms with Crippen molar-refractivity contribution in [2.45, 2.75) is 5.41 Å². The van der Waals surface area contributed by atoms with Gasteiger partial charge in [0.2, 0.25) is 0 Å². The van der Waals surface area contributed by atoms with E-state index in [0.29, 0.717) is 17.5 Å². The van der Waals surface area contributed by atoms with Gasteiger partial charge in [-0.15, -0.1) is 0 Å². The molecule has 0 bridgehead atoms. The van der Waals surface area contributed by atoms with E-state index < -0.39 is 5.41 Å². The largest absolute Gasteiger partial charge is 0.309 e. The van der Waals surface area contributed by atoms with Crippen LogP contribution in [-0.4, -0.2) is 19.5 Å². The number of fused-ring (bicyclic) bond motifs is 14. The Morgan fingerprint density at radius 3 is 1.47 bits per heavy atom. The molecule has 0 N–H and O–H groups in total. The first-order chi connectivity index (χ1) is 30.8. The average molecular weight is 789 g/mol. The fourth-order valence-electron chi connectivity index (χ4n) is 10.5. The number of nitrogens with zero attached hydrogens (tertiary/aromatic N) is 4. The van der Waals surface area contributed by atoms with E-state index in [2.05, 4.69) is 162 Å². The van der Waals surface area contributed by atoms with Crippen LogP contribution in [0.25, 0.3) is 95.0 Å². The van der Waals surface area contributed by atoms with Crippen LogP contribution in [0.3, 0.4) is 0 Å². The van der Waals surface area contributed by atoms with Gasteiger partial charge >= 0.3 is 0 Å². The van der Waals surface area contributed by atoms with Crippen LogP contribution in [0.2, 0.25) is 0 Å². The molecule has 0 amide bonds. The van der Waals surface area contributed by atoms with Gasteiger partial charge in [0.05, 0.1) is 16.4 Å². The van der Waals surface area contributed by atoms with Gasteiger partial charge in [-0.25, -0.2) is 15.0 Å². The fourth-order valence-corrected chi connectivity index (χ4v) is 10.5. The standard InChI is InChI=1S/C58H36N4/c1-3-17-37(18-4-1)55-59-56(38-19-5-2-6-20-38)61-57(60-55)41-23-15-21-39(35-41)40-22-16-24-42(36-40)62-52-32-14-10-27-45(52)46-33-34-51-53(54(46)62)47-28-9-13-31-50(47)58(51)48-29-11-7-25-43(48)44-26-8-12-30-49(44)58/h1-36H. The van der Waals surface area contributed by atoms with Gasteiger partial charge in [0.25, 0.3) is 0 Å². The molecule has 2 heterocycles. The summed E-state index contributed by atoms with van der Waals surface area (Å²) in [5.74, 6) is 1.93. The summed E-state index contributed by atoms with van der Waals surface area (Å²) in [4.78, 5) is 15.0. The minimum Gasteiger partial charge on any atom is -0.309 e. The molecule has 0 unspecified atom stereocenters. The fraction of sp³-hybridized carbons (Fsp3) is 0.0172. The number of hydrogen-bond donors (Lipinski definition) is 0. The summed E-state index contributed by atoms with van der Waals surface area (Å²) in [7, 11) is 0. The lowest BCUT2D eigenvalue weighted by Gasteiger charge is -2.30. The molecule has 9 aromatic carbocycles. The summed E-state index contributed by atoms with van der Waals surface area (Å²) < 4.78 is 2.50. The summed E-state index contributed by atoms with van der Waals surface area (Å²) in [6.07, 6.45) is 0. The first-order valence-corrected chi connectivity index (χ1v) is 21.2. The molecule has 0 fully saturated rings. The van der Waals surface area contributed by atoms with Crippen LogP contribution in [0.15, 0.2) is 218 Å². The van der Waals surface area contributed by atoms with Crippen molar-refractivity contribution in [1.82, 2.24) is 19.5 Å². The summed E-state index contributed by atoms with van der Waals surface area (Å²) in [5, 5.41) is 2.48. The normalized spacial score (nSPS) is 13.0. The highest BCUT2D eigenvalue weighted by Crippen LogP contribution is 2.64. The van der Waals surface area contributed by atoms with Crippen molar-refractivity contribution < 1.29 is 0 Å². The highest BCUT2D eigenvalue weighted by Gasteiger charge is 2.52. The van der Waals surface area contributed by atoms with E-state index in [1.165, 1.54) is 66.3 Å². The molecule has 4 nitrogen and oxygen atoms in total. The van der Waals surface area contributed by atoms with Crippen LogP contribution in [-0.2, 0) is 5.41 Å². The van der Waals surface area contributed by atoms with Crippen molar-refractivity contribution in [3.05, 3.63) is 241 Å². The van der Waals surface area contributed by atoms with Gasteiger partial charge in [0.1, 0.15) is 0 Å². The second-order valence-corrected chi connectivity index (χ2v) is 16.3. The zero-order valence-corrected chi connectivity index (χ0v) is 33.6. The minimum atomic E-state index is -0.424. The minimum absolute atomic E-state index is 0.424. The van der Waals surface area contributed by atoms with Crippen LogP contribution < -0.4 is 0 Å². The molecule has 0 saturated carbocycles. The zero-order chi connectivity index (χ0) is 40.8. The molecule has 11 aromatic rings. The van der Waals surface area contributed by atoms with Crippen LogP contribution in [0.1, 0.15) is 22.3 Å². The molecular formula is C58H36N4. The second kappa shape index (κ2) is 13.4. The molecule has 0 atom stereocenters. The second-order valence-electron chi connectivity index (χ2n) is 16.3. The van der Waals surface area contributed by atoms with E-state index in [1.54, 1.807) is 0 Å². The van der Waals surface area contributed by atoms with Crippen molar-refractivity contribution in [1.29, 1.82) is 0 Å². The summed E-state index contributed by atoms with van der Waals surface area (Å²) in [5.41, 5.74) is 18.7. The van der Waals surface area contributed by atoms with Gasteiger partial charge in [-0.1, -0.05) is 194 Å². The summed E-state index contributed by atoms with van der Waals surface area (Å²) in [6, 6.07) is 78.6. The number of hydrogen-bond acceptors (Lipinski definition) is 3. The lowest BCUT2D eigenvalue weighted by molar-refractivity contribution is 0.794. The third-order valence-corrected chi connectivity index (χ3v) is 13.1. The molecule has 62 heavy (non-hydrogen) atoms. The molecule has 4 heteroatoms. The lowest BCUT2D eigenvalue weighted by Crippen LogP contribution is -2.25. The highest BCUT2D eigenvalue weighted by atomic mass is 15.0. The van der Waals surface area contributed by atoms with Gasteiger partial charge < -0.3 is 4.57 Å². The Balaban J connectivity index is 1.01. The maximum atomic E-state index is 5.04. The lowest BCUT2D eigenvalue weighted by atomic mass is 9.70. The van der Waals surface area contributed by atoms with Crippen LogP contribution in [0.5, 0.6) is 0 Å². The Morgan fingerprint density at radius 2 is 0.806 bits per heavy atom. The number of rotatable bonds is 5. The Kier molecular flexibility index (Phi) is 7.49. The molecule has 0 radical (unpaired) electrons. The molecule has 2 aliphatic carbocycles. The third-order valence-electron chi connectivity index (χ3n) is 13.1. The molecule has 13 rings (SSSR count). The SMILES string of the molecule is c1ccc(-c2nc(-c3ccccc3)nc(-c3cccc(-c4cccc(-n5c6ccccc6c6ccc7c(c65)-c5ccccc5C75c6ccccc6-c6ccccc65)c4)c3)n2)cc1. The smallest absolute Gasteiger partial charge is 0.164 e. The van der Waals surface area contributed by atoms with Gasteiger partial charge in [-0.3, -0.25) is 0 Å². The first-order valence-electron chi connectivity index (χ1n) is 21.2. The molecule has 2 aliphatic rings. The molecule has 2 aromatic heterocycles. The van der Waals surface area contributed by atoms with Gasteiger partial charge in [-0.05, 0) is 74.3 Å². The van der Waals surface area contributed by atoms with Gasteiger partial charge in [0.15, 0.2) is 17.5 Å². The van der Waals surface area contributed by atoms with Crippen molar-refractivity contribution in [3.63, 3.8) is 0 Å². The maximum Gasteiger partial charge on any atom is 0.164 e. The Labute approximate surface area is 359 Å². The van der Waals surface area contributed by atoms with Crippen LogP contribution >= 0.6 is 0 Å². The Hall–Kier alpha value is -8.21. The Morgan fingerprint density at radius 1 is 0.323 bits per heavy atom. The Bertz CT molecular complexity index is 3480. The van der Waals surface area contributed by atoms with Crippen molar-refractivity contribution in [2.75, 3.05) is 0 Å². The van der Waals surface area contributed by atoms with Crippen LogP contribution in [0.4, 0.5) is 0 Å². The van der Waals surface area contributed by atoms with Crippen molar-refractivity contribution in [3.8, 4) is 73.2 Å². The van der Waals surface area contributed by atoms with E-state index in [1.807, 2.05) is 60.7 Å². The van der Waals surface area contributed by atoms with E-state index in [4.69, 9.17) is 15.0 Å². The third kappa shape index (κ3) is 4.92. The van der Waals surface area contributed by atoms with E-state index in [9.17, 15) is 0 Å². The topological polar surface area (TPSA) is 43.6 Å².